The van der Waals surface area contributed by atoms with E-state index in [4.69, 9.17) is 0 Å². The molecule has 24 heavy (non-hydrogen) atoms. The van der Waals surface area contributed by atoms with E-state index in [2.05, 4.69) is 32.1 Å². The summed E-state index contributed by atoms with van der Waals surface area (Å²) in [6.45, 7) is 7.97. The summed E-state index contributed by atoms with van der Waals surface area (Å²) >= 11 is 0. The van der Waals surface area contributed by atoms with E-state index in [0.717, 1.165) is 57.1 Å². The maximum absolute atomic E-state index is 12.4. The molecule has 0 radical (unpaired) electrons. The van der Waals surface area contributed by atoms with Gasteiger partial charge in [-0.25, -0.2) is 9.97 Å². The predicted molar refractivity (Wildman–Crippen MR) is 94.2 cm³/mol. The van der Waals surface area contributed by atoms with Crippen LogP contribution in [-0.4, -0.2) is 72.0 Å². The summed E-state index contributed by atoms with van der Waals surface area (Å²) in [5.74, 6) is 1.08. The Balaban J connectivity index is 1.60. The SMILES string of the molecule is Cc1cc(C(=O)NCCN2CCCC2)nc([C@@H]2CCCN(C)C2)n1. The van der Waals surface area contributed by atoms with Crippen molar-refractivity contribution < 1.29 is 4.79 Å². The Labute approximate surface area is 144 Å². The van der Waals surface area contributed by atoms with Crippen LogP contribution < -0.4 is 5.32 Å². The van der Waals surface area contributed by atoms with Gasteiger partial charge in [-0.15, -0.1) is 0 Å². The maximum Gasteiger partial charge on any atom is 0.270 e. The van der Waals surface area contributed by atoms with Gasteiger partial charge < -0.3 is 15.1 Å². The van der Waals surface area contributed by atoms with E-state index in [1.807, 2.05) is 6.92 Å². The molecule has 6 heteroatoms. The van der Waals surface area contributed by atoms with Crippen LogP contribution in [0.1, 0.15) is 53.6 Å². The lowest BCUT2D eigenvalue weighted by molar-refractivity contribution is 0.0944. The fourth-order valence-corrected chi connectivity index (χ4v) is 3.69. The molecule has 1 amide bonds. The molecule has 6 nitrogen and oxygen atoms in total. The first kappa shape index (κ1) is 17.3. The number of piperidine rings is 1. The molecule has 0 spiro atoms. The van der Waals surface area contributed by atoms with Gasteiger partial charge in [-0.05, 0) is 65.4 Å². The molecule has 132 valence electrons. The molecule has 2 fully saturated rings. The number of rotatable bonds is 5. The molecule has 0 aromatic carbocycles. The Hall–Kier alpha value is -1.53. The standard InChI is InChI=1S/C18H29N5O/c1-14-12-16(18(24)19-7-11-23-9-3-4-10-23)21-17(20-14)15-6-5-8-22(2)13-15/h12,15H,3-11,13H2,1-2H3,(H,19,24)/t15-/m1/s1. The Morgan fingerprint density at radius 2 is 2.04 bits per heavy atom. The van der Waals surface area contributed by atoms with Crippen LogP contribution in [-0.2, 0) is 0 Å². The number of aryl methyl sites for hydroxylation is 1. The van der Waals surface area contributed by atoms with Crippen LogP contribution in [0.15, 0.2) is 6.07 Å². The number of hydrogen-bond acceptors (Lipinski definition) is 5. The minimum atomic E-state index is -0.0786. The highest BCUT2D eigenvalue weighted by Crippen LogP contribution is 2.23. The fraction of sp³-hybridized carbons (Fsp3) is 0.722. The number of nitrogens with zero attached hydrogens (tertiary/aromatic N) is 4. The van der Waals surface area contributed by atoms with Gasteiger partial charge in [-0.1, -0.05) is 0 Å². The summed E-state index contributed by atoms with van der Waals surface area (Å²) in [4.78, 5) is 26.3. The Kier molecular flexibility index (Phi) is 5.79. The van der Waals surface area contributed by atoms with Crippen LogP contribution in [0.5, 0.6) is 0 Å². The van der Waals surface area contributed by atoms with E-state index < -0.39 is 0 Å². The largest absolute Gasteiger partial charge is 0.349 e. The minimum absolute atomic E-state index is 0.0786. The van der Waals surface area contributed by atoms with E-state index in [0.29, 0.717) is 18.2 Å². The molecular formula is C18H29N5O. The van der Waals surface area contributed by atoms with Crippen molar-refractivity contribution in [3.05, 3.63) is 23.3 Å². The molecule has 1 atom stereocenters. The quantitative estimate of drug-likeness (QED) is 0.884. The molecule has 3 heterocycles. The Bertz CT molecular complexity index is 571. The molecule has 0 aliphatic carbocycles. The fourth-order valence-electron chi connectivity index (χ4n) is 3.69. The van der Waals surface area contributed by atoms with Crippen molar-refractivity contribution in [3.63, 3.8) is 0 Å². The second-order valence-electron chi connectivity index (χ2n) is 7.16. The number of amides is 1. The third kappa shape index (κ3) is 4.51. The zero-order chi connectivity index (χ0) is 16.9. The van der Waals surface area contributed by atoms with Gasteiger partial charge in [-0.3, -0.25) is 4.79 Å². The highest BCUT2D eigenvalue weighted by Gasteiger charge is 2.23. The van der Waals surface area contributed by atoms with Crippen LogP contribution in [0.2, 0.25) is 0 Å². The number of likely N-dealkylation sites (N-methyl/N-ethyl adjacent to an activating group) is 1. The van der Waals surface area contributed by atoms with Crippen LogP contribution in [0.25, 0.3) is 0 Å². The third-order valence-corrected chi connectivity index (χ3v) is 5.01. The third-order valence-electron chi connectivity index (χ3n) is 5.01. The van der Waals surface area contributed by atoms with Gasteiger partial charge in [0.25, 0.3) is 5.91 Å². The monoisotopic (exact) mass is 331 g/mol. The van der Waals surface area contributed by atoms with Gasteiger partial charge >= 0.3 is 0 Å². The number of carbonyl (C=O) groups is 1. The lowest BCUT2D eigenvalue weighted by Gasteiger charge is -2.28. The molecule has 1 aromatic heterocycles. The van der Waals surface area contributed by atoms with Gasteiger partial charge in [0.2, 0.25) is 0 Å². The van der Waals surface area contributed by atoms with Crippen molar-refractivity contribution >= 4 is 5.91 Å². The first-order valence-electron chi connectivity index (χ1n) is 9.16. The molecule has 1 aromatic rings. The van der Waals surface area contributed by atoms with Gasteiger partial charge in [0.15, 0.2) is 0 Å². The molecule has 2 saturated heterocycles. The first-order chi connectivity index (χ1) is 11.6. The van der Waals surface area contributed by atoms with Crippen molar-refractivity contribution in [1.29, 1.82) is 0 Å². The molecule has 0 bridgehead atoms. The molecular weight excluding hydrogens is 302 g/mol. The summed E-state index contributed by atoms with van der Waals surface area (Å²) in [6.07, 6.45) is 4.82. The highest BCUT2D eigenvalue weighted by molar-refractivity contribution is 5.92. The maximum atomic E-state index is 12.4. The first-order valence-corrected chi connectivity index (χ1v) is 9.16. The number of likely N-dealkylation sites (tertiary alicyclic amines) is 2. The summed E-state index contributed by atoms with van der Waals surface area (Å²) in [6, 6.07) is 1.79. The normalized spacial score (nSPS) is 22.7. The Morgan fingerprint density at radius 1 is 1.25 bits per heavy atom. The van der Waals surface area contributed by atoms with Gasteiger partial charge in [0, 0.05) is 31.2 Å². The summed E-state index contributed by atoms with van der Waals surface area (Å²) in [5, 5.41) is 3.01. The average molecular weight is 331 g/mol. The van der Waals surface area contributed by atoms with Crippen LogP contribution >= 0.6 is 0 Å². The molecule has 2 aliphatic heterocycles. The second-order valence-corrected chi connectivity index (χ2v) is 7.16. The van der Waals surface area contributed by atoms with E-state index in [1.54, 1.807) is 6.07 Å². The number of aromatic nitrogens is 2. The number of hydrogen-bond donors (Lipinski definition) is 1. The van der Waals surface area contributed by atoms with Crippen molar-refractivity contribution in [3.8, 4) is 0 Å². The summed E-state index contributed by atoms with van der Waals surface area (Å²) in [7, 11) is 2.13. The highest BCUT2D eigenvalue weighted by atomic mass is 16.1. The molecule has 0 unspecified atom stereocenters. The van der Waals surface area contributed by atoms with Gasteiger partial charge in [0.05, 0.1) is 0 Å². The lowest BCUT2D eigenvalue weighted by Crippen LogP contribution is -2.35. The van der Waals surface area contributed by atoms with E-state index in [-0.39, 0.29) is 5.91 Å². The van der Waals surface area contributed by atoms with Crippen LogP contribution in [0.4, 0.5) is 0 Å². The molecule has 0 saturated carbocycles. The number of nitrogens with one attached hydrogen (secondary N) is 1. The van der Waals surface area contributed by atoms with Crippen molar-refractivity contribution in [2.45, 2.75) is 38.5 Å². The van der Waals surface area contributed by atoms with Gasteiger partial charge in [0.1, 0.15) is 11.5 Å². The second kappa shape index (κ2) is 8.03. The van der Waals surface area contributed by atoms with E-state index in [1.165, 1.54) is 12.8 Å². The van der Waals surface area contributed by atoms with Crippen molar-refractivity contribution in [2.75, 3.05) is 46.3 Å². The van der Waals surface area contributed by atoms with Crippen molar-refractivity contribution in [1.82, 2.24) is 25.1 Å². The Morgan fingerprint density at radius 3 is 2.79 bits per heavy atom. The molecule has 3 rings (SSSR count). The van der Waals surface area contributed by atoms with E-state index in [9.17, 15) is 4.79 Å². The number of carbonyl (C=O) groups excluding carboxylic acids is 1. The topological polar surface area (TPSA) is 61.4 Å². The summed E-state index contributed by atoms with van der Waals surface area (Å²) in [5.41, 5.74) is 1.38. The van der Waals surface area contributed by atoms with Crippen molar-refractivity contribution in [2.24, 2.45) is 0 Å². The zero-order valence-corrected chi connectivity index (χ0v) is 14.9. The minimum Gasteiger partial charge on any atom is -0.349 e. The van der Waals surface area contributed by atoms with E-state index >= 15 is 0 Å². The molecule has 2 aliphatic rings. The average Bonchev–Trinajstić information content (AvgIpc) is 3.07. The predicted octanol–water partition coefficient (Wildman–Crippen LogP) is 1.42. The lowest BCUT2D eigenvalue weighted by atomic mass is 9.97. The van der Waals surface area contributed by atoms with Gasteiger partial charge in [-0.2, -0.15) is 0 Å². The van der Waals surface area contributed by atoms with Crippen LogP contribution in [0.3, 0.4) is 0 Å². The smallest absolute Gasteiger partial charge is 0.270 e. The molecule has 1 N–H and O–H groups in total. The zero-order valence-electron chi connectivity index (χ0n) is 14.9. The van der Waals surface area contributed by atoms with Crippen LogP contribution in [0, 0.1) is 6.92 Å². The summed E-state index contributed by atoms with van der Waals surface area (Å²) < 4.78 is 0.